The van der Waals surface area contributed by atoms with E-state index in [-0.39, 0.29) is 5.41 Å². The van der Waals surface area contributed by atoms with E-state index < -0.39 is 0 Å². The summed E-state index contributed by atoms with van der Waals surface area (Å²) in [5.74, 6) is 3.02. The lowest BCUT2D eigenvalue weighted by atomic mass is 9.72. The van der Waals surface area contributed by atoms with Crippen molar-refractivity contribution in [2.45, 2.75) is 39.0 Å². The van der Waals surface area contributed by atoms with Crippen LogP contribution in [0.4, 0.5) is 0 Å². The molecule has 1 unspecified atom stereocenters. The van der Waals surface area contributed by atoms with Crippen molar-refractivity contribution in [3.63, 3.8) is 0 Å². The van der Waals surface area contributed by atoms with E-state index in [1.165, 1.54) is 25.7 Å². The minimum Gasteiger partial charge on any atom is -0.299 e. The lowest BCUT2D eigenvalue weighted by Crippen LogP contribution is -2.33. The molecular formula is C11H16O. The molecule has 0 aliphatic heterocycles. The van der Waals surface area contributed by atoms with Gasteiger partial charge in [-0.1, -0.05) is 13.3 Å². The second-order valence-corrected chi connectivity index (χ2v) is 5.11. The second kappa shape index (κ2) is 1.94. The van der Waals surface area contributed by atoms with Gasteiger partial charge in [0, 0.05) is 11.8 Å². The highest BCUT2D eigenvalue weighted by Gasteiger charge is 2.62. The molecule has 0 amide bonds. The smallest absolute Gasteiger partial charge is 0.139 e. The Labute approximate surface area is 73.5 Å². The van der Waals surface area contributed by atoms with Gasteiger partial charge in [-0.15, -0.1) is 0 Å². The van der Waals surface area contributed by atoms with Gasteiger partial charge in [0.05, 0.1) is 0 Å². The van der Waals surface area contributed by atoms with Crippen molar-refractivity contribution in [2.75, 3.05) is 0 Å². The molecule has 0 radical (unpaired) electrons. The van der Waals surface area contributed by atoms with Crippen LogP contribution in [-0.2, 0) is 4.79 Å². The summed E-state index contributed by atoms with van der Waals surface area (Å²) < 4.78 is 0. The quantitative estimate of drug-likeness (QED) is 0.537. The third-order valence-electron chi connectivity index (χ3n) is 4.86. The van der Waals surface area contributed by atoms with Crippen molar-refractivity contribution in [2.24, 2.45) is 23.2 Å². The fraction of sp³-hybridized carbons (Fsp3) is 0.909. The Morgan fingerprint density at radius 3 is 3.08 bits per heavy atom. The van der Waals surface area contributed by atoms with E-state index in [4.69, 9.17) is 0 Å². The zero-order valence-electron chi connectivity index (χ0n) is 7.68. The first-order valence-corrected chi connectivity index (χ1v) is 5.27. The van der Waals surface area contributed by atoms with Crippen molar-refractivity contribution in [3.8, 4) is 0 Å². The molecule has 3 saturated carbocycles. The zero-order valence-corrected chi connectivity index (χ0v) is 7.68. The summed E-state index contributed by atoms with van der Waals surface area (Å²) in [6.07, 6.45) is 6.03. The van der Waals surface area contributed by atoms with Crippen molar-refractivity contribution in [1.82, 2.24) is 0 Å². The van der Waals surface area contributed by atoms with Crippen LogP contribution in [-0.4, -0.2) is 5.78 Å². The van der Waals surface area contributed by atoms with Crippen molar-refractivity contribution in [1.29, 1.82) is 0 Å². The lowest BCUT2D eigenvalue weighted by molar-refractivity contribution is -0.129. The summed E-state index contributed by atoms with van der Waals surface area (Å²) in [5.41, 5.74) is 0.212. The molecule has 3 fully saturated rings. The standard InChI is InChI=1S/C11H16O/c1-7-8-5-10(12)11(6-8)4-2-3-9(7)11/h7-9H,2-6H2,1H3/t7?,8-,9-,11+/m1/s1. The Morgan fingerprint density at radius 2 is 2.33 bits per heavy atom. The number of hydrogen-bond acceptors (Lipinski definition) is 1. The van der Waals surface area contributed by atoms with Crippen LogP contribution in [0.5, 0.6) is 0 Å². The third kappa shape index (κ3) is 0.571. The Kier molecular flexibility index (Phi) is 1.15. The molecule has 0 saturated heterocycles. The summed E-state index contributed by atoms with van der Waals surface area (Å²) in [6, 6.07) is 0. The van der Waals surface area contributed by atoms with Crippen LogP contribution in [0.15, 0.2) is 0 Å². The van der Waals surface area contributed by atoms with Crippen molar-refractivity contribution in [3.05, 3.63) is 0 Å². The van der Waals surface area contributed by atoms with Crippen molar-refractivity contribution < 1.29 is 4.79 Å². The maximum Gasteiger partial charge on any atom is 0.139 e. The molecular weight excluding hydrogens is 148 g/mol. The summed E-state index contributed by atoms with van der Waals surface area (Å²) in [4.78, 5) is 11.8. The lowest BCUT2D eigenvalue weighted by Gasteiger charge is -2.30. The maximum absolute atomic E-state index is 11.8. The number of carbonyl (C=O) groups is 1. The molecule has 1 nitrogen and oxygen atoms in total. The normalized spacial score (nSPS) is 56.4. The number of carbonyl (C=O) groups excluding carboxylic acids is 1. The molecule has 3 rings (SSSR count). The summed E-state index contributed by atoms with van der Waals surface area (Å²) >= 11 is 0. The molecule has 66 valence electrons. The van der Waals surface area contributed by atoms with Crippen LogP contribution in [0.25, 0.3) is 0 Å². The van der Waals surface area contributed by atoms with E-state index in [0.717, 1.165) is 24.2 Å². The van der Waals surface area contributed by atoms with Gasteiger partial charge in [-0.25, -0.2) is 0 Å². The van der Waals surface area contributed by atoms with Gasteiger partial charge in [0.1, 0.15) is 5.78 Å². The first kappa shape index (κ1) is 7.11. The number of rotatable bonds is 0. The van der Waals surface area contributed by atoms with Gasteiger partial charge in [0.25, 0.3) is 0 Å². The number of ketones is 1. The Balaban J connectivity index is 2.07. The van der Waals surface area contributed by atoms with Crippen LogP contribution in [0, 0.1) is 23.2 Å². The van der Waals surface area contributed by atoms with E-state index in [1.807, 2.05) is 0 Å². The molecule has 3 aliphatic rings. The van der Waals surface area contributed by atoms with E-state index in [0.29, 0.717) is 5.78 Å². The first-order chi connectivity index (χ1) is 5.74. The van der Waals surface area contributed by atoms with E-state index in [1.54, 1.807) is 0 Å². The fourth-order valence-electron chi connectivity index (χ4n) is 4.26. The van der Waals surface area contributed by atoms with Gasteiger partial charge in [-0.2, -0.15) is 0 Å². The van der Waals surface area contributed by atoms with Crippen LogP contribution < -0.4 is 0 Å². The Bertz CT molecular complexity index is 245. The van der Waals surface area contributed by atoms with Gasteiger partial charge < -0.3 is 0 Å². The highest BCUT2D eigenvalue weighted by Crippen LogP contribution is 2.65. The first-order valence-electron chi connectivity index (χ1n) is 5.27. The van der Waals surface area contributed by atoms with Gasteiger partial charge in [-0.05, 0) is 37.0 Å². The molecule has 3 aliphatic carbocycles. The molecule has 2 bridgehead atoms. The SMILES string of the molecule is CC1[C@@H]2CC(=O)[C@@]3(CCC[C@H]13)C2. The molecule has 4 atom stereocenters. The molecule has 1 spiro atoms. The molecule has 0 aromatic rings. The minimum atomic E-state index is 0.212. The molecule has 1 heteroatoms. The Morgan fingerprint density at radius 1 is 1.50 bits per heavy atom. The monoisotopic (exact) mass is 164 g/mol. The average molecular weight is 164 g/mol. The van der Waals surface area contributed by atoms with E-state index >= 15 is 0 Å². The van der Waals surface area contributed by atoms with Crippen LogP contribution in [0.2, 0.25) is 0 Å². The molecule has 0 heterocycles. The topological polar surface area (TPSA) is 17.1 Å². The largest absolute Gasteiger partial charge is 0.299 e. The van der Waals surface area contributed by atoms with E-state index in [9.17, 15) is 4.79 Å². The van der Waals surface area contributed by atoms with Crippen LogP contribution in [0.1, 0.15) is 39.0 Å². The molecule has 0 aromatic carbocycles. The highest BCUT2D eigenvalue weighted by atomic mass is 16.1. The Hall–Kier alpha value is -0.330. The van der Waals surface area contributed by atoms with Gasteiger partial charge in [-0.3, -0.25) is 4.79 Å². The maximum atomic E-state index is 11.8. The van der Waals surface area contributed by atoms with Crippen LogP contribution in [0.3, 0.4) is 0 Å². The predicted octanol–water partition coefficient (Wildman–Crippen LogP) is 2.40. The van der Waals surface area contributed by atoms with Crippen molar-refractivity contribution >= 4 is 5.78 Å². The number of Topliss-reactive ketones (excluding diaryl/α,β-unsaturated/α-hetero) is 1. The van der Waals surface area contributed by atoms with Gasteiger partial charge in [0.2, 0.25) is 0 Å². The molecule has 0 N–H and O–H groups in total. The number of fused-ring (bicyclic) bond motifs is 1. The van der Waals surface area contributed by atoms with Gasteiger partial charge in [0.15, 0.2) is 0 Å². The summed E-state index contributed by atoms with van der Waals surface area (Å²) in [6.45, 7) is 2.37. The summed E-state index contributed by atoms with van der Waals surface area (Å²) in [7, 11) is 0. The third-order valence-corrected chi connectivity index (χ3v) is 4.86. The molecule has 0 aromatic heterocycles. The van der Waals surface area contributed by atoms with Crippen LogP contribution >= 0.6 is 0 Å². The second-order valence-electron chi connectivity index (χ2n) is 5.11. The fourth-order valence-corrected chi connectivity index (χ4v) is 4.26. The summed E-state index contributed by atoms with van der Waals surface area (Å²) in [5, 5.41) is 0. The highest BCUT2D eigenvalue weighted by molar-refractivity contribution is 5.89. The minimum absolute atomic E-state index is 0.212. The number of hydrogen-bond donors (Lipinski definition) is 0. The van der Waals surface area contributed by atoms with Gasteiger partial charge >= 0.3 is 0 Å². The zero-order chi connectivity index (χ0) is 8.34. The molecule has 12 heavy (non-hydrogen) atoms. The van der Waals surface area contributed by atoms with E-state index in [2.05, 4.69) is 6.92 Å². The predicted molar refractivity (Wildman–Crippen MR) is 46.7 cm³/mol. The average Bonchev–Trinajstić information content (AvgIpc) is 2.62.